The van der Waals surface area contributed by atoms with Crippen molar-refractivity contribution in [1.82, 2.24) is 4.31 Å². The van der Waals surface area contributed by atoms with Gasteiger partial charge in [-0.1, -0.05) is 24.3 Å². The molecule has 0 aliphatic rings. The predicted octanol–water partition coefficient (Wildman–Crippen LogP) is 2.22. The summed E-state index contributed by atoms with van der Waals surface area (Å²) in [5.41, 5.74) is 0.831. The summed E-state index contributed by atoms with van der Waals surface area (Å²) in [4.78, 5) is -0.0963. The largest absolute Gasteiger partial charge is 0.507 e. The number of ether oxygens (including phenoxy) is 1. The number of para-hydroxylation sites is 1. The van der Waals surface area contributed by atoms with Crippen LogP contribution in [0.1, 0.15) is 5.56 Å². The average molecular weight is 307 g/mol. The van der Waals surface area contributed by atoms with E-state index in [0.717, 1.165) is 5.56 Å². The van der Waals surface area contributed by atoms with Gasteiger partial charge in [0.05, 0.1) is 7.11 Å². The number of phenols is 1. The molecule has 0 aliphatic heterocycles. The molecule has 0 fully saturated rings. The molecule has 0 aliphatic carbocycles. The second-order valence-corrected chi connectivity index (χ2v) is 6.59. The van der Waals surface area contributed by atoms with Crippen LogP contribution >= 0.6 is 0 Å². The van der Waals surface area contributed by atoms with Gasteiger partial charge >= 0.3 is 0 Å². The van der Waals surface area contributed by atoms with Crippen molar-refractivity contribution in [3.8, 4) is 11.5 Å². The first kappa shape index (κ1) is 15.3. The Bertz CT molecular complexity index is 711. The van der Waals surface area contributed by atoms with Crippen LogP contribution in [-0.4, -0.2) is 32.0 Å². The van der Waals surface area contributed by atoms with E-state index in [1.807, 2.05) is 0 Å². The monoisotopic (exact) mass is 307 g/mol. The van der Waals surface area contributed by atoms with Gasteiger partial charge in [-0.25, -0.2) is 8.42 Å². The summed E-state index contributed by atoms with van der Waals surface area (Å²) >= 11 is 0. The Morgan fingerprint density at radius 3 is 2.29 bits per heavy atom. The maximum absolute atomic E-state index is 12.4. The summed E-state index contributed by atoms with van der Waals surface area (Å²) in [6, 6.07) is 13.0. The van der Waals surface area contributed by atoms with Gasteiger partial charge in [-0.3, -0.25) is 0 Å². The van der Waals surface area contributed by atoms with Gasteiger partial charge in [0.15, 0.2) is 0 Å². The summed E-state index contributed by atoms with van der Waals surface area (Å²) in [6.07, 6.45) is 0. The summed E-state index contributed by atoms with van der Waals surface area (Å²) < 4.78 is 31.1. The van der Waals surface area contributed by atoms with E-state index >= 15 is 0 Å². The highest BCUT2D eigenvalue weighted by atomic mass is 32.2. The normalized spacial score (nSPS) is 11.6. The fourth-order valence-corrected chi connectivity index (χ4v) is 3.15. The van der Waals surface area contributed by atoms with E-state index in [1.54, 1.807) is 43.5 Å². The van der Waals surface area contributed by atoms with E-state index in [0.29, 0.717) is 5.75 Å². The number of sulfonamides is 1. The highest BCUT2D eigenvalue weighted by Crippen LogP contribution is 2.25. The van der Waals surface area contributed by atoms with E-state index in [1.165, 1.54) is 23.5 Å². The highest BCUT2D eigenvalue weighted by Gasteiger charge is 2.23. The van der Waals surface area contributed by atoms with Crippen LogP contribution in [-0.2, 0) is 16.6 Å². The van der Waals surface area contributed by atoms with Gasteiger partial charge in [0, 0.05) is 13.6 Å². The number of nitrogens with zero attached hydrogens (tertiary/aromatic N) is 1. The second-order valence-electron chi connectivity index (χ2n) is 4.58. The van der Waals surface area contributed by atoms with Crippen LogP contribution in [0.25, 0.3) is 0 Å². The van der Waals surface area contributed by atoms with Crippen molar-refractivity contribution in [2.75, 3.05) is 14.2 Å². The minimum Gasteiger partial charge on any atom is -0.507 e. The van der Waals surface area contributed by atoms with Crippen LogP contribution in [0.3, 0.4) is 0 Å². The topological polar surface area (TPSA) is 66.8 Å². The molecule has 112 valence electrons. The van der Waals surface area contributed by atoms with Crippen LogP contribution in [0.4, 0.5) is 0 Å². The lowest BCUT2D eigenvalue weighted by molar-refractivity contribution is 0.414. The standard InChI is InChI=1S/C15H17NO4S/c1-16(11-12-7-9-13(20-2)10-8-12)21(18,19)15-6-4-3-5-14(15)17/h3-10,17H,11H2,1-2H3. The first-order chi connectivity index (χ1) is 9.95. The van der Waals surface area contributed by atoms with E-state index in [-0.39, 0.29) is 17.2 Å². The molecule has 6 heteroatoms. The van der Waals surface area contributed by atoms with Crippen LogP contribution in [0, 0.1) is 0 Å². The minimum atomic E-state index is -3.73. The molecular weight excluding hydrogens is 290 g/mol. The van der Waals surface area contributed by atoms with E-state index in [4.69, 9.17) is 4.74 Å². The van der Waals surface area contributed by atoms with Gasteiger partial charge in [0.2, 0.25) is 10.0 Å². The van der Waals surface area contributed by atoms with Crippen LogP contribution in [0.15, 0.2) is 53.4 Å². The summed E-state index contributed by atoms with van der Waals surface area (Å²) in [6.45, 7) is 0.209. The zero-order valence-electron chi connectivity index (χ0n) is 11.9. The number of methoxy groups -OCH3 is 1. The Balaban J connectivity index is 2.22. The molecular formula is C15H17NO4S. The van der Waals surface area contributed by atoms with E-state index < -0.39 is 10.0 Å². The molecule has 0 bridgehead atoms. The Kier molecular flexibility index (Phi) is 4.50. The van der Waals surface area contributed by atoms with Crippen molar-refractivity contribution < 1.29 is 18.3 Å². The third-order valence-corrected chi connectivity index (χ3v) is 4.97. The fourth-order valence-electron chi connectivity index (χ4n) is 1.92. The summed E-state index contributed by atoms with van der Waals surface area (Å²) in [5.74, 6) is 0.462. The smallest absolute Gasteiger partial charge is 0.246 e. The van der Waals surface area contributed by atoms with Gasteiger partial charge in [0.1, 0.15) is 16.4 Å². The van der Waals surface area contributed by atoms with Crippen molar-refractivity contribution in [3.05, 3.63) is 54.1 Å². The number of rotatable bonds is 5. The second kappa shape index (κ2) is 6.15. The number of hydrogen-bond donors (Lipinski definition) is 1. The zero-order chi connectivity index (χ0) is 15.5. The quantitative estimate of drug-likeness (QED) is 0.920. The Morgan fingerprint density at radius 1 is 1.10 bits per heavy atom. The molecule has 0 spiro atoms. The molecule has 21 heavy (non-hydrogen) atoms. The lowest BCUT2D eigenvalue weighted by Gasteiger charge is -2.18. The minimum absolute atomic E-state index is 0.0963. The first-order valence-electron chi connectivity index (χ1n) is 6.32. The maximum Gasteiger partial charge on any atom is 0.246 e. The number of phenolic OH excluding ortho intramolecular Hbond substituents is 1. The van der Waals surface area contributed by atoms with Gasteiger partial charge in [-0.05, 0) is 29.8 Å². The molecule has 1 N–H and O–H groups in total. The van der Waals surface area contributed by atoms with Crippen molar-refractivity contribution in [2.45, 2.75) is 11.4 Å². The molecule has 5 nitrogen and oxygen atoms in total. The number of hydrogen-bond acceptors (Lipinski definition) is 4. The lowest BCUT2D eigenvalue weighted by atomic mass is 10.2. The number of benzene rings is 2. The molecule has 0 radical (unpaired) electrons. The molecule has 0 atom stereocenters. The Labute approximate surface area is 124 Å². The maximum atomic E-state index is 12.4. The first-order valence-corrected chi connectivity index (χ1v) is 7.76. The third-order valence-electron chi connectivity index (χ3n) is 3.12. The van der Waals surface area contributed by atoms with Crippen molar-refractivity contribution >= 4 is 10.0 Å². The van der Waals surface area contributed by atoms with Gasteiger partial charge in [-0.15, -0.1) is 0 Å². The predicted molar refractivity (Wildman–Crippen MR) is 79.8 cm³/mol. The van der Waals surface area contributed by atoms with Crippen molar-refractivity contribution in [1.29, 1.82) is 0 Å². The highest BCUT2D eigenvalue weighted by molar-refractivity contribution is 7.89. The molecule has 0 saturated carbocycles. The Morgan fingerprint density at radius 2 is 1.71 bits per heavy atom. The number of aromatic hydroxyl groups is 1. The summed E-state index contributed by atoms with van der Waals surface area (Å²) in [5, 5.41) is 9.71. The summed E-state index contributed by atoms with van der Waals surface area (Å²) in [7, 11) is -0.680. The van der Waals surface area contributed by atoms with Crippen molar-refractivity contribution in [2.24, 2.45) is 0 Å². The van der Waals surface area contributed by atoms with Crippen LogP contribution in [0.2, 0.25) is 0 Å². The van der Waals surface area contributed by atoms with Gasteiger partial charge < -0.3 is 9.84 Å². The van der Waals surface area contributed by atoms with E-state index in [2.05, 4.69) is 0 Å². The van der Waals surface area contributed by atoms with Gasteiger partial charge in [-0.2, -0.15) is 4.31 Å². The average Bonchev–Trinajstić information content (AvgIpc) is 2.48. The molecule has 2 aromatic carbocycles. The Hall–Kier alpha value is -2.05. The third kappa shape index (κ3) is 3.34. The lowest BCUT2D eigenvalue weighted by Crippen LogP contribution is -2.26. The van der Waals surface area contributed by atoms with Crippen LogP contribution < -0.4 is 4.74 Å². The molecule has 2 aromatic rings. The molecule has 2 rings (SSSR count). The van der Waals surface area contributed by atoms with Crippen molar-refractivity contribution in [3.63, 3.8) is 0 Å². The van der Waals surface area contributed by atoms with E-state index in [9.17, 15) is 13.5 Å². The zero-order valence-corrected chi connectivity index (χ0v) is 12.7. The SMILES string of the molecule is COc1ccc(CN(C)S(=O)(=O)c2ccccc2O)cc1. The molecule has 0 saturated heterocycles. The molecule has 0 unspecified atom stereocenters. The molecule has 0 aromatic heterocycles. The molecule has 0 heterocycles. The van der Waals surface area contributed by atoms with Gasteiger partial charge in [0.25, 0.3) is 0 Å². The molecule has 0 amide bonds. The van der Waals surface area contributed by atoms with Crippen LogP contribution in [0.5, 0.6) is 11.5 Å². The fraction of sp³-hybridized carbons (Fsp3) is 0.200.